The molecular weight excluding hydrogens is 678 g/mol. The lowest BCUT2D eigenvalue weighted by atomic mass is 9.97. The largest absolute Gasteiger partial charge is 0.508 e. The van der Waals surface area contributed by atoms with E-state index in [0.717, 1.165) is 25.1 Å². The van der Waals surface area contributed by atoms with Gasteiger partial charge in [-0.1, -0.05) is 53.8 Å². The zero-order valence-electron chi connectivity index (χ0n) is 28.9. The maximum atomic E-state index is 13.8. The fourth-order valence-electron chi connectivity index (χ4n) is 6.77. The molecule has 13 heteroatoms. The summed E-state index contributed by atoms with van der Waals surface area (Å²) in [5, 5.41) is 16.6. The first-order valence-electron chi connectivity index (χ1n) is 17.1. The number of anilines is 1. The number of benzene rings is 3. The molecule has 3 aromatic carbocycles. The molecule has 0 spiro atoms. The number of amides is 1. The van der Waals surface area contributed by atoms with Crippen LogP contribution in [0.25, 0.3) is 33.2 Å². The number of unbranched alkanes of at least 4 members (excludes halogenated alkanes) is 1. The van der Waals surface area contributed by atoms with Crippen LogP contribution in [0.1, 0.15) is 48.6 Å². The van der Waals surface area contributed by atoms with Crippen LogP contribution in [0.4, 0.5) is 5.82 Å². The molecule has 0 saturated carbocycles. The molecule has 1 aliphatic heterocycles. The molecule has 2 unspecified atom stereocenters. The molecule has 0 aliphatic carbocycles. The van der Waals surface area contributed by atoms with Crippen molar-refractivity contribution in [1.82, 2.24) is 39.5 Å². The molecule has 264 valence electrons. The minimum absolute atomic E-state index is 0.0838. The Morgan fingerprint density at radius 1 is 1.12 bits per heavy atom. The predicted octanol–water partition coefficient (Wildman–Crippen LogP) is 5.19. The number of phenolic OH excluding ortho intramolecular Hbond substituents is 1. The van der Waals surface area contributed by atoms with Crippen molar-refractivity contribution in [2.45, 2.75) is 44.2 Å². The Hall–Kier alpha value is -5.77. The molecule has 12 nitrogen and oxygen atoms in total. The topological polar surface area (TPSA) is 159 Å². The highest BCUT2D eigenvalue weighted by Gasteiger charge is 2.27. The smallest absolute Gasteiger partial charge is 0.260 e. The van der Waals surface area contributed by atoms with Crippen molar-refractivity contribution < 1.29 is 9.90 Å². The van der Waals surface area contributed by atoms with Crippen molar-refractivity contribution >= 4 is 45.3 Å². The molecule has 1 fully saturated rings. The van der Waals surface area contributed by atoms with Gasteiger partial charge in [-0.25, -0.2) is 19.6 Å². The van der Waals surface area contributed by atoms with E-state index in [1.165, 1.54) is 6.33 Å². The van der Waals surface area contributed by atoms with E-state index in [1.54, 1.807) is 41.1 Å². The Labute approximate surface area is 305 Å². The van der Waals surface area contributed by atoms with E-state index in [1.807, 2.05) is 49.3 Å². The van der Waals surface area contributed by atoms with Crippen LogP contribution >= 0.6 is 11.6 Å². The van der Waals surface area contributed by atoms with Crippen LogP contribution in [0.2, 0.25) is 5.02 Å². The SMILES string of the molecule is CN(C)C1CCN(C(=O)CCCC#Cc2cccc3nc(C(Cn4nc(-c5cccc(O)c5)c5c(N)ncnc54)c4cccc(Cl)c4)[nH]c(=O)c23)C1. The molecule has 6 aromatic rings. The number of likely N-dealkylation sites (N-methyl/N-ethyl adjacent to an activating group) is 1. The van der Waals surface area contributed by atoms with Crippen molar-refractivity contribution in [1.29, 1.82) is 0 Å². The number of likely N-dealkylation sites (tertiary alicyclic amines) is 1. The van der Waals surface area contributed by atoms with Crippen molar-refractivity contribution in [2.24, 2.45) is 0 Å². The van der Waals surface area contributed by atoms with Crippen LogP contribution in [0.3, 0.4) is 0 Å². The minimum atomic E-state index is -0.511. The van der Waals surface area contributed by atoms with E-state index >= 15 is 0 Å². The highest BCUT2D eigenvalue weighted by Crippen LogP contribution is 2.34. The predicted molar refractivity (Wildman–Crippen MR) is 202 cm³/mol. The molecule has 1 saturated heterocycles. The van der Waals surface area contributed by atoms with Crippen LogP contribution < -0.4 is 11.3 Å². The lowest BCUT2D eigenvalue weighted by Crippen LogP contribution is -2.34. The lowest BCUT2D eigenvalue weighted by molar-refractivity contribution is -0.130. The Bertz CT molecular complexity index is 2410. The van der Waals surface area contributed by atoms with E-state index < -0.39 is 5.92 Å². The van der Waals surface area contributed by atoms with Gasteiger partial charge >= 0.3 is 0 Å². The summed E-state index contributed by atoms with van der Waals surface area (Å²) in [4.78, 5) is 47.4. The number of nitrogens with two attached hydrogens (primary N) is 1. The molecule has 52 heavy (non-hydrogen) atoms. The van der Waals surface area contributed by atoms with Crippen molar-refractivity contribution in [3.8, 4) is 28.8 Å². The summed E-state index contributed by atoms with van der Waals surface area (Å²) in [6.07, 6.45) is 3.99. The van der Waals surface area contributed by atoms with Crippen molar-refractivity contribution in [3.05, 3.63) is 105 Å². The summed E-state index contributed by atoms with van der Waals surface area (Å²) in [6.45, 7) is 1.78. The number of nitrogens with one attached hydrogen (secondary N) is 1. The summed E-state index contributed by atoms with van der Waals surface area (Å²) in [7, 11) is 4.09. The number of carbonyl (C=O) groups excluding carboxylic acids is 1. The van der Waals surface area contributed by atoms with Gasteiger partial charge in [-0.3, -0.25) is 9.59 Å². The molecule has 7 rings (SSSR count). The molecule has 0 bridgehead atoms. The molecular formula is C39H38ClN9O3. The van der Waals surface area contributed by atoms with Gasteiger partial charge in [0, 0.05) is 48.1 Å². The van der Waals surface area contributed by atoms with Crippen molar-refractivity contribution in [2.75, 3.05) is 32.9 Å². The second-order valence-corrected chi connectivity index (χ2v) is 13.6. The number of nitrogen functional groups attached to an aromatic ring is 1. The highest BCUT2D eigenvalue weighted by molar-refractivity contribution is 6.30. The number of rotatable bonds is 9. The number of hydrogen-bond acceptors (Lipinski definition) is 9. The van der Waals surface area contributed by atoms with Crippen LogP contribution in [0, 0.1) is 11.8 Å². The lowest BCUT2D eigenvalue weighted by Gasteiger charge is -2.20. The number of fused-ring (bicyclic) bond motifs is 2. The van der Waals surface area contributed by atoms with Gasteiger partial charge in [0.1, 0.15) is 29.4 Å². The summed E-state index contributed by atoms with van der Waals surface area (Å²) >= 11 is 6.47. The summed E-state index contributed by atoms with van der Waals surface area (Å²) in [5.74, 6) is 6.70. The third-order valence-electron chi connectivity index (χ3n) is 9.53. The Morgan fingerprint density at radius 3 is 2.73 bits per heavy atom. The minimum Gasteiger partial charge on any atom is -0.508 e. The fraction of sp³-hybridized carbons (Fsp3) is 0.282. The third kappa shape index (κ3) is 7.19. The Balaban J connectivity index is 1.18. The summed E-state index contributed by atoms with van der Waals surface area (Å²) < 4.78 is 1.71. The molecule has 4 heterocycles. The molecule has 2 atom stereocenters. The van der Waals surface area contributed by atoms with Crippen LogP contribution in [-0.4, -0.2) is 83.8 Å². The molecule has 3 aromatic heterocycles. The second kappa shape index (κ2) is 14.8. The number of aromatic hydroxyl groups is 1. The number of hydrogen-bond donors (Lipinski definition) is 3. The van der Waals surface area contributed by atoms with E-state index in [-0.39, 0.29) is 29.6 Å². The van der Waals surface area contributed by atoms with Gasteiger partial charge in [0.2, 0.25) is 5.91 Å². The van der Waals surface area contributed by atoms with E-state index in [9.17, 15) is 14.7 Å². The van der Waals surface area contributed by atoms with Crippen LogP contribution in [0.5, 0.6) is 5.75 Å². The molecule has 4 N–H and O–H groups in total. The van der Waals surface area contributed by atoms with Gasteiger partial charge in [0.25, 0.3) is 5.56 Å². The van der Waals surface area contributed by atoms with Crippen LogP contribution in [-0.2, 0) is 11.3 Å². The number of nitrogens with zero attached hydrogens (tertiary/aromatic N) is 7. The maximum absolute atomic E-state index is 13.8. The van der Waals surface area contributed by atoms with E-state index in [4.69, 9.17) is 27.4 Å². The van der Waals surface area contributed by atoms with Gasteiger partial charge in [0.05, 0.1) is 28.8 Å². The Kier molecular flexibility index (Phi) is 9.89. The standard InChI is InChI=1S/C39H38ClN9O3/c1-47(2)28-17-18-48(21-28)32(51)16-5-3-4-9-24-10-8-15-31-33(24)39(52)45-37(44-31)30(25-11-6-13-27(40)19-25)22-49-38-34(36(41)42-23-43-38)35(46-49)26-12-7-14-29(50)20-26/h6-8,10-15,19-20,23,28,30,50H,3,5,16-18,21-22H2,1-2H3,(H2,41,42,43)(H,44,45,52). The fourth-order valence-corrected chi connectivity index (χ4v) is 6.97. The second-order valence-electron chi connectivity index (χ2n) is 13.2. The number of aromatic nitrogens is 6. The van der Waals surface area contributed by atoms with Gasteiger partial charge in [-0.05, 0) is 68.9 Å². The highest BCUT2D eigenvalue weighted by atomic mass is 35.5. The zero-order chi connectivity index (χ0) is 36.4. The van der Waals surface area contributed by atoms with Gasteiger partial charge in [0.15, 0.2) is 5.65 Å². The summed E-state index contributed by atoms with van der Waals surface area (Å²) in [5.41, 5.74) is 9.52. The number of carbonyl (C=O) groups is 1. The maximum Gasteiger partial charge on any atom is 0.260 e. The Morgan fingerprint density at radius 2 is 1.94 bits per heavy atom. The summed E-state index contributed by atoms with van der Waals surface area (Å²) in [6, 6.07) is 19.9. The molecule has 1 aliphatic rings. The number of phenols is 1. The average Bonchev–Trinajstić information content (AvgIpc) is 3.77. The number of aromatic amines is 1. The van der Waals surface area contributed by atoms with E-state index in [2.05, 4.69) is 31.7 Å². The normalized spacial score (nSPS) is 14.9. The first kappa shape index (κ1) is 34.7. The van der Waals surface area contributed by atoms with Gasteiger partial charge < -0.3 is 25.6 Å². The monoisotopic (exact) mass is 715 g/mol. The third-order valence-corrected chi connectivity index (χ3v) is 9.76. The first-order valence-corrected chi connectivity index (χ1v) is 17.5. The van der Waals surface area contributed by atoms with Gasteiger partial charge in [-0.15, -0.1) is 0 Å². The molecule has 0 radical (unpaired) electrons. The number of halogens is 1. The van der Waals surface area contributed by atoms with Gasteiger partial charge in [-0.2, -0.15) is 5.10 Å². The average molecular weight is 716 g/mol. The zero-order valence-corrected chi connectivity index (χ0v) is 29.6. The van der Waals surface area contributed by atoms with Crippen LogP contribution in [0.15, 0.2) is 77.9 Å². The quantitative estimate of drug-likeness (QED) is 0.135. The molecule has 1 amide bonds. The van der Waals surface area contributed by atoms with E-state index in [0.29, 0.717) is 74.9 Å². The first-order chi connectivity index (χ1) is 25.2. The van der Waals surface area contributed by atoms with Crippen molar-refractivity contribution in [3.63, 3.8) is 0 Å². The number of H-pyrrole nitrogens is 1.